The summed E-state index contributed by atoms with van der Waals surface area (Å²) in [5, 5.41) is 5.93. The molecule has 0 N–H and O–H groups in total. The van der Waals surface area contributed by atoms with Crippen molar-refractivity contribution >= 4 is 60.2 Å². The van der Waals surface area contributed by atoms with E-state index in [-0.39, 0.29) is 0 Å². The number of benzene rings is 8. The number of aromatic nitrogens is 6. The molecular formula is C52H32N6. The first kappa shape index (κ1) is 32.3. The molecule has 0 aliphatic carbocycles. The SMILES string of the molecule is c1ccc(-c2nc(-c3ccccc3)nc(-c3cccc(-c4cccc(-n5c6ccccc6c6ccc7c(c8ccccc8c8nc9ccccc9n78)c65)c4)c3)n2)cc1. The van der Waals surface area contributed by atoms with E-state index >= 15 is 0 Å². The number of hydrogen-bond acceptors (Lipinski definition) is 4. The molecule has 58 heavy (non-hydrogen) atoms. The van der Waals surface area contributed by atoms with Crippen molar-refractivity contribution in [1.82, 2.24) is 28.9 Å². The summed E-state index contributed by atoms with van der Waals surface area (Å²) in [5.41, 5.74) is 12.6. The molecule has 6 heteroatoms. The zero-order valence-electron chi connectivity index (χ0n) is 31.2. The molecular weight excluding hydrogens is 709 g/mol. The second-order valence-electron chi connectivity index (χ2n) is 14.7. The summed E-state index contributed by atoms with van der Waals surface area (Å²) in [6.07, 6.45) is 0. The standard InChI is InChI=1S/C52H32N6/c1-3-15-33(16-4-1)49-54-50(34-17-5-2-6-18-34)56-51(55-49)37-21-13-19-35(31-37)36-20-14-22-38(32-36)57-44-27-11-9-23-39(44)41-29-30-46-47(48(41)57)40-24-7-8-25-42(40)52-53-43-26-10-12-28-45(43)58(46)52/h1-32H. The molecule has 4 aromatic heterocycles. The van der Waals surface area contributed by atoms with Crippen LogP contribution in [0.25, 0.3) is 111 Å². The molecule has 0 amide bonds. The molecule has 0 atom stereocenters. The second-order valence-corrected chi connectivity index (χ2v) is 14.7. The molecule has 12 aromatic rings. The molecule has 0 fully saturated rings. The highest BCUT2D eigenvalue weighted by atomic mass is 15.0. The Labute approximate surface area is 333 Å². The van der Waals surface area contributed by atoms with Gasteiger partial charge in [0.2, 0.25) is 0 Å². The molecule has 6 nitrogen and oxygen atoms in total. The predicted molar refractivity (Wildman–Crippen MR) is 237 cm³/mol. The van der Waals surface area contributed by atoms with Gasteiger partial charge < -0.3 is 4.57 Å². The van der Waals surface area contributed by atoms with Gasteiger partial charge in [-0.05, 0) is 59.0 Å². The van der Waals surface area contributed by atoms with Crippen LogP contribution in [-0.2, 0) is 0 Å². The fourth-order valence-electron chi connectivity index (χ4n) is 8.71. The Hall–Kier alpha value is -7.96. The lowest BCUT2D eigenvalue weighted by atomic mass is 10.0. The Balaban J connectivity index is 1.07. The largest absolute Gasteiger partial charge is 0.309 e. The maximum atomic E-state index is 5.16. The van der Waals surface area contributed by atoms with Crippen LogP contribution in [0.3, 0.4) is 0 Å². The Bertz CT molecular complexity index is 3510. The van der Waals surface area contributed by atoms with Crippen molar-refractivity contribution in [3.8, 4) is 51.0 Å². The van der Waals surface area contributed by atoms with Crippen molar-refractivity contribution in [3.63, 3.8) is 0 Å². The monoisotopic (exact) mass is 740 g/mol. The number of hydrogen-bond donors (Lipinski definition) is 0. The minimum atomic E-state index is 0.629. The van der Waals surface area contributed by atoms with Crippen LogP contribution in [0.15, 0.2) is 194 Å². The van der Waals surface area contributed by atoms with E-state index in [1.54, 1.807) is 0 Å². The van der Waals surface area contributed by atoms with Gasteiger partial charge in [0.25, 0.3) is 0 Å². The van der Waals surface area contributed by atoms with Crippen molar-refractivity contribution < 1.29 is 0 Å². The molecule has 12 rings (SSSR count). The van der Waals surface area contributed by atoms with Gasteiger partial charge in [-0.1, -0.05) is 152 Å². The van der Waals surface area contributed by atoms with Gasteiger partial charge in [0.05, 0.1) is 27.6 Å². The average molecular weight is 741 g/mol. The maximum absolute atomic E-state index is 5.16. The maximum Gasteiger partial charge on any atom is 0.164 e. The molecule has 0 saturated carbocycles. The number of nitrogens with zero attached hydrogens (tertiary/aromatic N) is 6. The first-order valence-electron chi connectivity index (χ1n) is 19.5. The molecule has 0 aliphatic rings. The van der Waals surface area contributed by atoms with Crippen molar-refractivity contribution in [2.45, 2.75) is 0 Å². The summed E-state index contributed by atoms with van der Waals surface area (Å²) >= 11 is 0. The third-order valence-corrected chi connectivity index (χ3v) is 11.3. The molecule has 0 spiro atoms. The van der Waals surface area contributed by atoms with Gasteiger partial charge in [-0.25, -0.2) is 19.9 Å². The predicted octanol–water partition coefficient (Wildman–Crippen LogP) is 12.7. The Morgan fingerprint density at radius 1 is 0.328 bits per heavy atom. The van der Waals surface area contributed by atoms with Crippen LogP contribution in [0.2, 0.25) is 0 Å². The first-order chi connectivity index (χ1) is 28.8. The summed E-state index contributed by atoms with van der Waals surface area (Å²) in [4.78, 5) is 20.1. The highest BCUT2D eigenvalue weighted by molar-refractivity contribution is 6.27. The van der Waals surface area contributed by atoms with Gasteiger partial charge in [0.15, 0.2) is 17.5 Å². The van der Waals surface area contributed by atoms with E-state index in [0.717, 1.165) is 66.6 Å². The van der Waals surface area contributed by atoms with Crippen molar-refractivity contribution in [2.24, 2.45) is 0 Å². The van der Waals surface area contributed by atoms with Gasteiger partial charge >= 0.3 is 0 Å². The molecule has 0 saturated heterocycles. The van der Waals surface area contributed by atoms with Gasteiger partial charge in [0.1, 0.15) is 5.65 Å². The smallest absolute Gasteiger partial charge is 0.164 e. The van der Waals surface area contributed by atoms with Gasteiger partial charge in [-0.3, -0.25) is 4.40 Å². The highest BCUT2D eigenvalue weighted by Crippen LogP contribution is 2.42. The highest BCUT2D eigenvalue weighted by Gasteiger charge is 2.21. The van der Waals surface area contributed by atoms with E-state index in [1.165, 1.54) is 27.1 Å². The Morgan fingerprint density at radius 2 is 0.879 bits per heavy atom. The van der Waals surface area contributed by atoms with Crippen LogP contribution in [0.1, 0.15) is 0 Å². The third-order valence-electron chi connectivity index (χ3n) is 11.3. The summed E-state index contributed by atoms with van der Waals surface area (Å²) in [6.45, 7) is 0. The molecule has 8 aromatic carbocycles. The lowest BCUT2D eigenvalue weighted by Crippen LogP contribution is -2.00. The normalized spacial score (nSPS) is 11.8. The van der Waals surface area contributed by atoms with Crippen LogP contribution < -0.4 is 0 Å². The zero-order chi connectivity index (χ0) is 38.2. The van der Waals surface area contributed by atoms with Gasteiger partial charge in [-0.15, -0.1) is 0 Å². The van der Waals surface area contributed by atoms with E-state index in [1.807, 2.05) is 60.7 Å². The van der Waals surface area contributed by atoms with E-state index in [2.05, 4.69) is 142 Å². The van der Waals surface area contributed by atoms with Crippen LogP contribution in [0.4, 0.5) is 0 Å². The number of pyridine rings is 1. The quantitative estimate of drug-likeness (QED) is 0.165. The molecule has 0 unspecified atom stereocenters. The number of fused-ring (bicyclic) bond motifs is 12. The summed E-state index contributed by atoms with van der Waals surface area (Å²) in [6, 6.07) is 68.0. The molecule has 270 valence electrons. The number of rotatable bonds is 5. The number of imidazole rings is 1. The molecule has 0 aliphatic heterocycles. The van der Waals surface area contributed by atoms with Gasteiger partial charge in [-0.2, -0.15) is 0 Å². The fraction of sp³-hybridized carbons (Fsp3) is 0. The summed E-state index contributed by atoms with van der Waals surface area (Å²) in [7, 11) is 0. The first-order valence-corrected chi connectivity index (χ1v) is 19.5. The van der Waals surface area contributed by atoms with E-state index in [4.69, 9.17) is 19.9 Å². The van der Waals surface area contributed by atoms with E-state index < -0.39 is 0 Å². The fourth-order valence-corrected chi connectivity index (χ4v) is 8.71. The van der Waals surface area contributed by atoms with Gasteiger partial charge in [0, 0.05) is 43.9 Å². The molecule has 0 radical (unpaired) electrons. The third kappa shape index (κ3) is 4.98. The lowest BCUT2D eigenvalue weighted by Gasteiger charge is -2.15. The molecule has 0 bridgehead atoms. The van der Waals surface area contributed by atoms with Crippen LogP contribution >= 0.6 is 0 Å². The second kappa shape index (κ2) is 12.8. The van der Waals surface area contributed by atoms with Crippen molar-refractivity contribution in [1.29, 1.82) is 0 Å². The van der Waals surface area contributed by atoms with Crippen molar-refractivity contribution in [3.05, 3.63) is 194 Å². The minimum Gasteiger partial charge on any atom is -0.309 e. The van der Waals surface area contributed by atoms with E-state index in [0.29, 0.717) is 17.5 Å². The lowest BCUT2D eigenvalue weighted by molar-refractivity contribution is 1.07. The average Bonchev–Trinajstić information content (AvgIpc) is 3.86. The van der Waals surface area contributed by atoms with Crippen molar-refractivity contribution in [2.75, 3.05) is 0 Å². The topological polar surface area (TPSA) is 60.9 Å². The van der Waals surface area contributed by atoms with Crippen LogP contribution in [0, 0.1) is 0 Å². The van der Waals surface area contributed by atoms with Crippen LogP contribution in [-0.4, -0.2) is 28.9 Å². The number of para-hydroxylation sites is 3. The Kier molecular flexibility index (Phi) is 7.13. The minimum absolute atomic E-state index is 0.629. The summed E-state index contributed by atoms with van der Waals surface area (Å²) in [5.74, 6) is 1.91. The molecule has 4 heterocycles. The van der Waals surface area contributed by atoms with E-state index in [9.17, 15) is 0 Å². The zero-order valence-corrected chi connectivity index (χ0v) is 31.2. The summed E-state index contributed by atoms with van der Waals surface area (Å²) < 4.78 is 4.78. The Morgan fingerprint density at radius 3 is 1.62 bits per heavy atom. The van der Waals surface area contributed by atoms with Crippen LogP contribution in [0.5, 0.6) is 0 Å².